The summed E-state index contributed by atoms with van der Waals surface area (Å²) < 4.78 is 11.0. The summed E-state index contributed by atoms with van der Waals surface area (Å²) in [7, 11) is 0. The number of amides is 2. The number of hydrogen-bond donors (Lipinski definition) is 2. The molecule has 3 rings (SSSR count). The van der Waals surface area contributed by atoms with E-state index in [4.69, 9.17) is 39.1 Å². The van der Waals surface area contributed by atoms with Crippen LogP contribution in [0.3, 0.4) is 0 Å². The van der Waals surface area contributed by atoms with Crippen molar-refractivity contribution in [2.75, 3.05) is 13.2 Å². The molecule has 2 aromatic carbocycles. The largest absolute Gasteiger partial charge is 0.484 e. The zero-order valence-electron chi connectivity index (χ0n) is 17.4. The van der Waals surface area contributed by atoms with Crippen molar-refractivity contribution in [1.82, 2.24) is 10.6 Å². The van der Waals surface area contributed by atoms with Gasteiger partial charge in [0.1, 0.15) is 11.5 Å². The first-order valence-corrected chi connectivity index (χ1v) is 11.0. The Balaban J connectivity index is 1.33. The number of terminal acetylenes is 1. The molecule has 1 saturated carbocycles. The molecule has 0 heterocycles. The van der Waals surface area contributed by atoms with Crippen LogP contribution >= 0.6 is 23.2 Å². The summed E-state index contributed by atoms with van der Waals surface area (Å²) in [6.07, 6.45) is 8.49. The van der Waals surface area contributed by atoms with Crippen molar-refractivity contribution in [1.29, 1.82) is 0 Å². The van der Waals surface area contributed by atoms with Crippen LogP contribution in [0.2, 0.25) is 10.0 Å². The minimum absolute atomic E-state index is 0.0519. The molecule has 6 nitrogen and oxygen atoms in total. The van der Waals surface area contributed by atoms with Crippen molar-refractivity contribution in [3.8, 4) is 23.8 Å². The van der Waals surface area contributed by atoms with Crippen LogP contribution in [0.15, 0.2) is 42.5 Å². The molecule has 0 aliphatic heterocycles. The van der Waals surface area contributed by atoms with Gasteiger partial charge in [-0.15, -0.1) is 6.42 Å². The number of carbonyl (C=O) groups excluding carboxylic acids is 2. The fourth-order valence-corrected chi connectivity index (χ4v) is 3.75. The molecule has 0 spiro atoms. The first-order valence-electron chi connectivity index (χ1n) is 10.3. The molecule has 32 heavy (non-hydrogen) atoms. The number of hydrogen-bond acceptors (Lipinski definition) is 4. The van der Waals surface area contributed by atoms with Crippen molar-refractivity contribution in [2.45, 2.75) is 37.8 Å². The minimum Gasteiger partial charge on any atom is -0.484 e. The molecule has 0 radical (unpaired) electrons. The predicted octanol–water partition coefficient (Wildman–Crippen LogP) is 3.98. The first-order chi connectivity index (χ1) is 15.4. The molecule has 2 N–H and O–H groups in total. The van der Waals surface area contributed by atoms with E-state index >= 15 is 0 Å². The Kier molecular flexibility index (Phi) is 8.66. The van der Waals surface area contributed by atoms with Crippen LogP contribution < -0.4 is 20.1 Å². The highest BCUT2D eigenvalue weighted by Crippen LogP contribution is 2.22. The van der Waals surface area contributed by atoms with Gasteiger partial charge in [0, 0.05) is 22.7 Å². The van der Waals surface area contributed by atoms with E-state index in [-0.39, 0.29) is 37.1 Å². The molecule has 168 valence electrons. The Morgan fingerprint density at radius 2 is 1.38 bits per heavy atom. The average Bonchev–Trinajstić information content (AvgIpc) is 2.79. The van der Waals surface area contributed by atoms with Crippen LogP contribution in [0.25, 0.3) is 0 Å². The van der Waals surface area contributed by atoms with Crippen LogP contribution in [0.1, 0.15) is 31.2 Å². The normalized spacial score (nSPS) is 17.7. The van der Waals surface area contributed by atoms with Crippen LogP contribution in [-0.4, -0.2) is 37.1 Å². The van der Waals surface area contributed by atoms with Crippen LogP contribution in [0.4, 0.5) is 0 Å². The maximum atomic E-state index is 12.2. The Morgan fingerprint density at radius 3 is 1.91 bits per heavy atom. The number of rotatable bonds is 8. The van der Waals surface area contributed by atoms with Crippen LogP contribution in [-0.2, 0) is 9.59 Å². The third-order valence-corrected chi connectivity index (χ3v) is 5.69. The molecule has 1 aliphatic rings. The van der Waals surface area contributed by atoms with Gasteiger partial charge in [0.2, 0.25) is 0 Å². The molecule has 2 amide bonds. The number of nitrogens with one attached hydrogen (secondary N) is 2. The second-order valence-electron chi connectivity index (χ2n) is 7.50. The molecule has 0 bridgehead atoms. The van der Waals surface area contributed by atoms with Gasteiger partial charge in [-0.05, 0) is 68.1 Å². The second-order valence-corrected chi connectivity index (χ2v) is 8.34. The van der Waals surface area contributed by atoms with E-state index in [0.29, 0.717) is 27.1 Å². The summed E-state index contributed by atoms with van der Waals surface area (Å²) in [4.78, 5) is 24.3. The second kappa shape index (κ2) is 11.7. The van der Waals surface area contributed by atoms with E-state index in [0.717, 1.165) is 25.7 Å². The van der Waals surface area contributed by atoms with E-state index in [9.17, 15) is 9.59 Å². The molecule has 0 atom stereocenters. The van der Waals surface area contributed by atoms with Gasteiger partial charge < -0.3 is 20.1 Å². The van der Waals surface area contributed by atoms with Crippen molar-refractivity contribution in [3.63, 3.8) is 0 Å². The first kappa shape index (κ1) is 23.8. The molecule has 8 heteroatoms. The van der Waals surface area contributed by atoms with Gasteiger partial charge in [-0.3, -0.25) is 9.59 Å². The van der Waals surface area contributed by atoms with E-state index in [1.807, 2.05) is 0 Å². The molecular formula is C24H24Cl2N2O4. The van der Waals surface area contributed by atoms with Crippen LogP contribution in [0.5, 0.6) is 11.5 Å². The molecule has 1 fully saturated rings. The smallest absolute Gasteiger partial charge is 0.258 e. The maximum Gasteiger partial charge on any atom is 0.258 e. The van der Waals surface area contributed by atoms with Crippen LogP contribution in [0, 0.1) is 12.3 Å². The van der Waals surface area contributed by atoms with E-state index in [1.165, 1.54) is 0 Å². The number of benzene rings is 2. The fraction of sp³-hybridized carbons (Fsp3) is 0.333. The predicted molar refractivity (Wildman–Crippen MR) is 124 cm³/mol. The monoisotopic (exact) mass is 474 g/mol. The van der Waals surface area contributed by atoms with Gasteiger partial charge in [0.15, 0.2) is 13.2 Å². The third kappa shape index (κ3) is 7.37. The lowest BCUT2D eigenvalue weighted by molar-refractivity contribution is -0.125. The van der Waals surface area contributed by atoms with E-state index in [1.54, 1.807) is 42.5 Å². The van der Waals surface area contributed by atoms with Crippen molar-refractivity contribution < 1.29 is 19.1 Å². The average molecular weight is 475 g/mol. The summed E-state index contributed by atoms with van der Waals surface area (Å²) in [5, 5.41) is 7.03. The van der Waals surface area contributed by atoms with Gasteiger partial charge in [-0.1, -0.05) is 29.1 Å². The van der Waals surface area contributed by atoms with Gasteiger partial charge >= 0.3 is 0 Å². The van der Waals surface area contributed by atoms with E-state index < -0.39 is 0 Å². The molecule has 2 aromatic rings. The summed E-state index contributed by atoms with van der Waals surface area (Å²) in [6.45, 7) is -0.161. The molecule has 0 unspecified atom stereocenters. The zero-order chi connectivity index (χ0) is 22.9. The van der Waals surface area contributed by atoms with Crippen molar-refractivity contribution in [2.24, 2.45) is 0 Å². The Hall–Kier alpha value is -2.88. The highest BCUT2D eigenvalue weighted by molar-refractivity contribution is 6.31. The Morgan fingerprint density at radius 1 is 0.875 bits per heavy atom. The fourth-order valence-electron chi connectivity index (χ4n) is 3.45. The zero-order valence-corrected chi connectivity index (χ0v) is 18.9. The van der Waals surface area contributed by atoms with Crippen molar-refractivity contribution in [3.05, 3.63) is 58.1 Å². The highest BCUT2D eigenvalue weighted by atomic mass is 35.5. The topological polar surface area (TPSA) is 76.7 Å². The number of carbonyl (C=O) groups is 2. The lowest BCUT2D eigenvalue weighted by Crippen LogP contribution is -2.45. The lowest BCUT2D eigenvalue weighted by atomic mass is 9.91. The molecule has 1 aliphatic carbocycles. The summed E-state index contributed by atoms with van der Waals surface area (Å²) >= 11 is 11.8. The Labute approximate surface area is 197 Å². The summed E-state index contributed by atoms with van der Waals surface area (Å²) in [5.74, 6) is 3.18. The summed E-state index contributed by atoms with van der Waals surface area (Å²) in [6, 6.07) is 11.9. The lowest BCUT2D eigenvalue weighted by Gasteiger charge is -2.29. The number of ether oxygens (including phenoxy) is 2. The van der Waals surface area contributed by atoms with Gasteiger partial charge in [-0.2, -0.15) is 0 Å². The quantitative estimate of drug-likeness (QED) is 0.567. The number of halogens is 2. The standard InChI is InChI=1S/C24H24Cl2N2O4/c1-2-16-13-21(11-12-22(16)26)32-15-24(30)28-19-7-5-18(6-8-19)27-23(29)14-31-20-9-3-17(25)4-10-20/h1,3-4,9-13,18-19H,5-8,14-15H2,(H,27,29)(H,28,30)/t18-,19-. The van der Waals surface area contributed by atoms with E-state index in [2.05, 4.69) is 16.6 Å². The van der Waals surface area contributed by atoms with Gasteiger partial charge in [0.25, 0.3) is 11.8 Å². The minimum atomic E-state index is -0.203. The molecule has 0 aromatic heterocycles. The van der Waals surface area contributed by atoms with Gasteiger partial charge in [-0.25, -0.2) is 0 Å². The van der Waals surface area contributed by atoms with Crippen molar-refractivity contribution >= 4 is 35.0 Å². The maximum absolute atomic E-state index is 12.2. The third-order valence-electron chi connectivity index (χ3n) is 5.10. The SMILES string of the molecule is C#Cc1cc(OCC(=O)N[C@H]2CC[C@H](NC(=O)COc3ccc(Cl)cc3)CC2)ccc1Cl. The summed E-state index contributed by atoms with van der Waals surface area (Å²) in [5.41, 5.74) is 0.517. The van der Waals surface area contributed by atoms with Gasteiger partial charge in [0.05, 0.1) is 5.02 Å². The Bertz CT molecular complexity index is 980. The molecular weight excluding hydrogens is 451 g/mol. The highest BCUT2D eigenvalue weighted by Gasteiger charge is 2.23. The molecule has 0 saturated heterocycles.